The van der Waals surface area contributed by atoms with Gasteiger partial charge in [0.25, 0.3) is 0 Å². The van der Waals surface area contributed by atoms with Gasteiger partial charge in [0.1, 0.15) is 5.82 Å². The standard InChI is InChI=1S/C10H6ClF4N3/c11-2-6-1-8(12)4-16-9(6)18-5-7(3-17-18)10(13,14)15/h1,3-5H,2H2. The van der Waals surface area contributed by atoms with Crippen LogP contribution in [0.2, 0.25) is 0 Å². The predicted octanol–water partition coefficient (Wildman–Crippen LogP) is 3.16. The van der Waals surface area contributed by atoms with Crippen LogP contribution >= 0.6 is 11.6 Å². The summed E-state index contributed by atoms with van der Waals surface area (Å²) in [6.45, 7) is 0. The zero-order valence-corrected chi connectivity index (χ0v) is 9.50. The van der Waals surface area contributed by atoms with E-state index in [2.05, 4.69) is 10.1 Å². The molecule has 0 bridgehead atoms. The summed E-state index contributed by atoms with van der Waals surface area (Å²) >= 11 is 5.58. The van der Waals surface area contributed by atoms with Gasteiger partial charge in [-0.15, -0.1) is 11.6 Å². The van der Waals surface area contributed by atoms with E-state index in [0.29, 0.717) is 6.20 Å². The molecule has 3 nitrogen and oxygen atoms in total. The number of alkyl halides is 4. The lowest BCUT2D eigenvalue weighted by Crippen LogP contribution is -2.05. The van der Waals surface area contributed by atoms with E-state index < -0.39 is 17.6 Å². The Morgan fingerprint density at radius 1 is 1.28 bits per heavy atom. The van der Waals surface area contributed by atoms with E-state index in [0.717, 1.165) is 23.1 Å². The SMILES string of the molecule is Fc1cnc(-n2cc(C(F)(F)F)cn2)c(CCl)c1. The number of rotatable bonds is 2. The summed E-state index contributed by atoms with van der Waals surface area (Å²) in [4.78, 5) is 3.69. The molecule has 8 heteroatoms. The topological polar surface area (TPSA) is 30.7 Å². The van der Waals surface area contributed by atoms with Gasteiger partial charge in [0.15, 0.2) is 5.82 Å². The minimum absolute atomic E-state index is 0.0712. The molecule has 0 unspecified atom stereocenters. The highest BCUT2D eigenvalue weighted by Crippen LogP contribution is 2.29. The van der Waals surface area contributed by atoms with E-state index in [9.17, 15) is 17.6 Å². The number of nitrogens with zero attached hydrogens (tertiary/aromatic N) is 3. The van der Waals surface area contributed by atoms with E-state index in [1.807, 2.05) is 0 Å². The molecule has 0 aliphatic rings. The number of aromatic nitrogens is 3. The molecule has 2 aromatic heterocycles. The molecule has 0 amide bonds. The molecule has 0 fully saturated rings. The van der Waals surface area contributed by atoms with Gasteiger partial charge in [0.2, 0.25) is 0 Å². The molecule has 18 heavy (non-hydrogen) atoms. The molecule has 0 aromatic carbocycles. The fourth-order valence-electron chi connectivity index (χ4n) is 1.36. The maximum absolute atomic E-state index is 12.9. The lowest BCUT2D eigenvalue weighted by Gasteiger charge is -2.06. The highest BCUT2D eigenvalue weighted by atomic mass is 35.5. The summed E-state index contributed by atoms with van der Waals surface area (Å²) in [5.41, 5.74) is -0.650. The van der Waals surface area contributed by atoms with E-state index in [-0.39, 0.29) is 17.3 Å². The summed E-state index contributed by atoms with van der Waals surface area (Å²) < 4.78 is 51.0. The van der Waals surface area contributed by atoms with Crippen LogP contribution in [0.15, 0.2) is 24.7 Å². The molecule has 0 saturated carbocycles. The molecule has 0 radical (unpaired) electrons. The zero-order valence-electron chi connectivity index (χ0n) is 8.75. The Bertz CT molecular complexity index is 564. The molecule has 0 aliphatic heterocycles. The van der Waals surface area contributed by atoms with Gasteiger partial charge < -0.3 is 0 Å². The van der Waals surface area contributed by atoms with E-state index >= 15 is 0 Å². The van der Waals surface area contributed by atoms with Crippen molar-refractivity contribution in [2.45, 2.75) is 12.1 Å². The maximum Gasteiger partial charge on any atom is 0.419 e. The highest BCUT2D eigenvalue weighted by molar-refractivity contribution is 6.17. The minimum Gasteiger partial charge on any atom is -0.234 e. The van der Waals surface area contributed by atoms with Crippen molar-refractivity contribution in [3.63, 3.8) is 0 Å². The van der Waals surface area contributed by atoms with Gasteiger partial charge in [-0.25, -0.2) is 14.1 Å². The van der Waals surface area contributed by atoms with Crippen LogP contribution in [0.4, 0.5) is 17.6 Å². The number of halogens is 5. The zero-order chi connectivity index (χ0) is 13.3. The number of pyridine rings is 1. The molecule has 0 atom stereocenters. The van der Waals surface area contributed by atoms with Gasteiger partial charge in [-0.1, -0.05) is 0 Å². The highest BCUT2D eigenvalue weighted by Gasteiger charge is 2.32. The Hall–Kier alpha value is -1.63. The van der Waals surface area contributed by atoms with Crippen LogP contribution in [-0.4, -0.2) is 14.8 Å². The van der Waals surface area contributed by atoms with Crippen LogP contribution in [0, 0.1) is 5.82 Å². The average molecular weight is 280 g/mol. The van der Waals surface area contributed by atoms with Crippen molar-refractivity contribution in [2.24, 2.45) is 0 Å². The smallest absolute Gasteiger partial charge is 0.234 e. The molecular weight excluding hydrogens is 274 g/mol. The quantitative estimate of drug-likeness (QED) is 0.624. The first-order valence-corrected chi connectivity index (χ1v) is 5.28. The lowest BCUT2D eigenvalue weighted by molar-refractivity contribution is -0.137. The fourth-order valence-corrected chi connectivity index (χ4v) is 1.56. The van der Waals surface area contributed by atoms with Gasteiger partial charge in [0.05, 0.1) is 23.8 Å². The van der Waals surface area contributed by atoms with E-state index in [4.69, 9.17) is 11.6 Å². The molecule has 0 N–H and O–H groups in total. The van der Waals surface area contributed by atoms with Crippen LogP contribution in [0.1, 0.15) is 11.1 Å². The third-order valence-corrected chi connectivity index (χ3v) is 2.47. The van der Waals surface area contributed by atoms with Crippen molar-refractivity contribution in [1.82, 2.24) is 14.8 Å². The summed E-state index contributed by atoms with van der Waals surface area (Å²) in [6, 6.07) is 1.10. The van der Waals surface area contributed by atoms with Gasteiger partial charge in [-0.05, 0) is 6.07 Å². The first-order chi connectivity index (χ1) is 8.41. The first-order valence-electron chi connectivity index (χ1n) is 4.74. The Morgan fingerprint density at radius 3 is 2.56 bits per heavy atom. The van der Waals surface area contributed by atoms with Gasteiger partial charge in [-0.3, -0.25) is 0 Å². The lowest BCUT2D eigenvalue weighted by atomic mass is 10.3. The Balaban J connectivity index is 2.46. The molecule has 0 aliphatic carbocycles. The normalized spacial score (nSPS) is 11.8. The van der Waals surface area contributed by atoms with Crippen molar-refractivity contribution in [2.75, 3.05) is 0 Å². The molecule has 0 spiro atoms. The maximum atomic E-state index is 12.9. The van der Waals surface area contributed by atoms with Crippen LogP contribution in [-0.2, 0) is 12.1 Å². The van der Waals surface area contributed by atoms with Crippen molar-refractivity contribution in [1.29, 1.82) is 0 Å². The summed E-state index contributed by atoms with van der Waals surface area (Å²) in [5, 5.41) is 3.54. The van der Waals surface area contributed by atoms with Crippen LogP contribution < -0.4 is 0 Å². The second kappa shape index (κ2) is 4.56. The monoisotopic (exact) mass is 279 g/mol. The van der Waals surface area contributed by atoms with Crippen molar-refractivity contribution < 1.29 is 17.6 Å². The summed E-state index contributed by atoms with van der Waals surface area (Å²) in [5.74, 6) is -0.624. The number of hydrogen-bond acceptors (Lipinski definition) is 2. The molecule has 96 valence electrons. The third kappa shape index (κ3) is 2.45. The van der Waals surface area contributed by atoms with Crippen molar-refractivity contribution in [3.05, 3.63) is 41.6 Å². The number of hydrogen-bond donors (Lipinski definition) is 0. The van der Waals surface area contributed by atoms with Gasteiger partial charge in [-0.2, -0.15) is 18.3 Å². The van der Waals surface area contributed by atoms with Crippen molar-refractivity contribution >= 4 is 11.6 Å². The molecule has 2 heterocycles. The Labute approximate surface area is 104 Å². The Morgan fingerprint density at radius 2 is 2.00 bits per heavy atom. The molecule has 0 saturated heterocycles. The summed E-state index contributed by atoms with van der Waals surface area (Å²) in [6.07, 6.45) is -2.15. The average Bonchev–Trinajstić information content (AvgIpc) is 2.77. The third-order valence-electron chi connectivity index (χ3n) is 2.18. The van der Waals surface area contributed by atoms with Crippen LogP contribution in [0.3, 0.4) is 0 Å². The van der Waals surface area contributed by atoms with Crippen molar-refractivity contribution in [3.8, 4) is 5.82 Å². The van der Waals surface area contributed by atoms with Crippen LogP contribution in [0.5, 0.6) is 0 Å². The fraction of sp³-hybridized carbons (Fsp3) is 0.200. The second-order valence-electron chi connectivity index (χ2n) is 3.44. The molecule has 2 rings (SSSR count). The molecule has 2 aromatic rings. The predicted molar refractivity (Wildman–Crippen MR) is 55.9 cm³/mol. The van der Waals surface area contributed by atoms with Crippen LogP contribution in [0.25, 0.3) is 5.82 Å². The summed E-state index contributed by atoms with van der Waals surface area (Å²) in [7, 11) is 0. The first kappa shape index (κ1) is 12.8. The van der Waals surface area contributed by atoms with E-state index in [1.54, 1.807) is 0 Å². The Kier molecular flexibility index (Phi) is 3.25. The second-order valence-corrected chi connectivity index (χ2v) is 3.71. The van der Waals surface area contributed by atoms with Gasteiger partial charge in [0, 0.05) is 11.8 Å². The largest absolute Gasteiger partial charge is 0.419 e. The van der Waals surface area contributed by atoms with Gasteiger partial charge >= 0.3 is 6.18 Å². The van der Waals surface area contributed by atoms with E-state index in [1.165, 1.54) is 0 Å². The molecular formula is C10H6ClF4N3. The minimum atomic E-state index is -4.49.